The largest absolute Gasteiger partial charge is 0.377 e. The summed E-state index contributed by atoms with van der Waals surface area (Å²) in [5.74, 6) is 0. The van der Waals surface area contributed by atoms with Crippen LogP contribution < -0.4 is 5.32 Å². The van der Waals surface area contributed by atoms with Crippen molar-refractivity contribution in [2.45, 2.75) is 39.7 Å². The minimum atomic E-state index is 0.0817. The fourth-order valence-corrected chi connectivity index (χ4v) is 3.22. The Hall–Kier alpha value is -0.840. The second-order valence-electron chi connectivity index (χ2n) is 5.68. The molecule has 0 radical (unpaired) electrons. The van der Waals surface area contributed by atoms with Gasteiger partial charge in [0, 0.05) is 10.8 Å². The van der Waals surface area contributed by atoms with E-state index in [0.717, 1.165) is 22.0 Å². The molecule has 0 aliphatic carbocycles. The van der Waals surface area contributed by atoms with Gasteiger partial charge < -0.3 is 5.32 Å². The normalized spacial score (nSPS) is 11.7. The van der Waals surface area contributed by atoms with Gasteiger partial charge in [0.05, 0.1) is 22.9 Å². The van der Waals surface area contributed by atoms with Gasteiger partial charge in [-0.25, -0.2) is 9.97 Å². The third-order valence-electron chi connectivity index (χ3n) is 2.78. The molecule has 0 unspecified atom stereocenters. The minimum absolute atomic E-state index is 0.0817. The van der Waals surface area contributed by atoms with Crippen molar-refractivity contribution < 1.29 is 0 Å². The fraction of sp³-hybridized carbons (Fsp3) is 0.429. The first-order valence-corrected chi connectivity index (χ1v) is 7.92. The summed E-state index contributed by atoms with van der Waals surface area (Å²) in [7, 11) is 0. The van der Waals surface area contributed by atoms with Crippen molar-refractivity contribution in [3.8, 4) is 0 Å². The average molecular weight is 330 g/mol. The summed E-state index contributed by atoms with van der Waals surface area (Å²) in [4.78, 5) is 8.68. The molecule has 20 heavy (non-hydrogen) atoms. The zero-order valence-corrected chi connectivity index (χ0v) is 14.2. The number of anilines is 1. The molecule has 1 N–H and O–H groups in total. The van der Waals surface area contributed by atoms with E-state index in [2.05, 4.69) is 41.4 Å². The SMILES string of the molecule is Cc1cc(Cl)nc(Cl)c1NCc1csc(C(C)(C)C)n1. The van der Waals surface area contributed by atoms with E-state index in [4.69, 9.17) is 23.2 Å². The van der Waals surface area contributed by atoms with E-state index in [1.54, 1.807) is 17.4 Å². The summed E-state index contributed by atoms with van der Waals surface area (Å²) < 4.78 is 0. The summed E-state index contributed by atoms with van der Waals surface area (Å²) in [5.41, 5.74) is 2.87. The third-order valence-corrected chi connectivity index (χ3v) is 4.56. The Kier molecular flexibility index (Phi) is 4.57. The van der Waals surface area contributed by atoms with E-state index < -0.39 is 0 Å². The van der Waals surface area contributed by atoms with Crippen LogP contribution >= 0.6 is 34.5 Å². The quantitative estimate of drug-likeness (QED) is 0.799. The van der Waals surface area contributed by atoms with E-state index in [9.17, 15) is 0 Å². The number of nitrogens with zero attached hydrogens (tertiary/aromatic N) is 2. The summed E-state index contributed by atoms with van der Waals surface area (Å²) in [5, 5.41) is 7.28. The van der Waals surface area contributed by atoms with E-state index in [0.29, 0.717) is 16.9 Å². The second kappa shape index (κ2) is 5.88. The molecular weight excluding hydrogens is 313 g/mol. The lowest BCUT2D eigenvalue weighted by atomic mass is 9.98. The minimum Gasteiger partial charge on any atom is -0.377 e. The van der Waals surface area contributed by atoms with Crippen molar-refractivity contribution in [1.29, 1.82) is 0 Å². The first-order chi connectivity index (χ1) is 9.27. The summed E-state index contributed by atoms with van der Waals surface area (Å²) in [6, 6.07) is 1.79. The Bertz CT molecular complexity index is 594. The molecule has 0 saturated carbocycles. The van der Waals surface area contributed by atoms with Gasteiger partial charge in [-0.1, -0.05) is 44.0 Å². The monoisotopic (exact) mass is 329 g/mol. The van der Waals surface area contributed by atoms with Crippen LogP contribution in [0.3, 0.4) is 0 Å². The van der Waals surface area contributed by atoms with E-state index in [1.807, 2.05) is 6.92 Å². The first-order valence-electron chi connectivity index (χ1n) is 6.29. The number of halogens is 2. The molecule has 2 aromatic heterocycles. The third kappa shape index (κ3) is 3.62. The standard InChI is InChI=1S/C14H17Cl2N3S/c1-8-5-10(15)19-12(16)11(8)17-6-9-7-20-13(18-9)14(2,3)4/h5,7,17H,6H2,1-4H3. The van der Waals surface area contributed by atoms with Gasteiger partial charge in [0.2, 0.25) is 0 Å². The maximum absolute atomic E-state index is 6.10. The predicted molar refractivity (Wildman–Crippen MR) is 87.1 cm³/mol. The maximum atomic E-state index is 6.10. The smallest absolute Gasteiger partial charge is 0.154 e. The van der Waals surface area contributed by atoms with Crippen molar-refractivity contribution in [2.24, 2.45) is 0 Å². The molecule has 0 aliphatic rings. The summed E-state index contributed by atoms with van der Waals surface area (Å²) in [6.45, 7) is 9.05. The number of pyridine rings is 1. The second-order valence-corrected chi connectivity index (χ2v) is 7.28. The number of hydrogen-bond acceptors (Lipinski definition) is 4. The molecule has 0 aromatic carbocycles. The lowest BCUT2D eigenvalue weighted by Gasteiger charge is -2.14. The van der Waals surface area contributed by atoms with E-state index >= 15 is 0 Å². The molecule has 0 saturated heterocycles. The van der Waals surface area contributed by atoms with Crippen LogP contribution in [0.25, 0.3) is 0 Å². The number of nitrogens with one attached hydrogen (secondary N) is 1. The van der Waals surface area contributed by atoms with Crippen LogP contribution in [0, 0.1) is 6.92 Å². The lowest BCUT2D eigenvalue weighted by molar-refractivity contribution is 0.583. The first kappa shape index (κ1) is 15.5. The number of rotatable bonds is 3. The van der Waals surface area contributed by atoms with Crippen LogP contribution in [-0.4, -0.2) is 9.97 Å². The molecule has 0 spiro atoms. The van der Waals surface area contributed by atoms with Crippen LogP contribution in [0.5, 0.6) is 0 Å². The zero-order chi connectivity index (χ0) is 14.9. The Balaban J connectivity index is 2.12. The average Bonchev–Trinajstić information content (AvgIpc) is 2.75. The van der Waals surface area contributed by atoms with Crippen molar-refractivity contribution in [1.82, 2.24) is 9.97 Å². The van der Waals surface area contributed by atoms with Crippen molar-refractivity contribution >= 4 is 40.2 Å². The molecule has 0 bridgehead atoms. The van der Waals surface area contributed by atoms with Crippen molar-refractivity contribution in [3.05, 3.63) is 38.0 Å². The van der Waals surface area contributed by atoms with Crippen LogP contribution in [-0.2, 0) is 12.0 Å². The molecule has 2 heterocycles. The highest BCUT2D eigenvalue weighted by molar-refractivity contribution is 7.09. The molecule has 0 atom stereocenters. The Morgan fingerprint density at radius 2 is 1.95 bits per heavy atom. The van der Waals surface area contributed by atoms with E-state index in [-0.39, 0.29) is 5.41 Å². The molecule has 108 valence electrons. The Morgan fingerprint density at radius 3 is 2.50 bits per heavy atom. The van der Waals surface area contributed by atoms with Crippen molar-refractivity contribution in [2.75, 3.05) is 5.32 Å². The highest BCUT2D eigenvalue weighted by atomic mass is 35.5. The Labute approximate surface area is 133 Å². The summed E-state index contributed by atoms with van der Waals surface area (Å²) >= 11 is 13.6. The molecule has 0 aliphatic heterocycles. The van der Waals surface area contributed by atoms with Gasteiger partial charge in [0.15, 0.2) is 5.15 Å². The zero-order valence-electron chi connectivity index (χ0n) is 11.9. The maximum Gasteiger partial charge on any atom is 0.154 e. The highest BCUT2D eigenvalue weighted by Crippen LogP contribution is 2.28. The molecule has 0 fully saturated rings. The van der Waals surface area contributed by atoms with Gasteiger partial charge in [-0.3, -0.25) is 0 Å². The van der Waals surface area contributed by atoms with Gasteiger partial charge in [-0.05, 0) is 18.6 Å². The van der Waals surface area contributed by atoms with Gasteiger partial charge in [-0.15, -0.1) is 11.3 Å². The number of aromatic nitrogens is 2. The fourth-order valence-electron chi connectivity index (χ4n) is 1.72. The molecule has 3 nitrogen and oxygen atoms in total. The van der Waals surface area contributed by atoms with Crippen LogP contribution in [0.2, 0.25) is 10.3 Å². The van der Waals surface area contributed by atoms with Crippen molar-refractivity contribution in [3.63, 3.8) is 0 Å². The molecule has 2 rings (SSSR count). The molecule has 2 aromatic rings. The molecular formula is C14H17Cl2N3S. The topological polar surface area (TPSA) is 37.8 Å². The highest BCUT2D eigenvalue weighted by Gasteiger charge is 2.18. The number of aryl methyl sites for hydroxylation is 1. The van der Waals surface area contributed by atoms with Crippen LogP contribution in [0.4, 0.5) is 5.69 Å². The van der Waals surface area contributed by atoms with Gasteiger partial charge in [0.25, 0.3) is 0 Å². The molecule has 6 heteroatoms. The van der Waals surface area contributed by atoms with E-state index in [1.165, 1.54) is 0 Å². The number of thiazole rings is 1. The Morgan fingerprint density at radius 1 is 1.25 bits per heavy atom. The summed E-state index contributed by atoms with van der Waals surface area (Å²) in [6.07, 6.45) is 0. The predicted octanol–water partition coefficient (Wildman–Crippen LogP) is 5.06. The lowest BCUT2D eigenvalue weighted by Crippen LogP contribution is -2.11. The van der Waals surface area contributed by atoms with Crippen LogP contribution in [0.1, 0.15) is 37.0 Å². The van der Waals surface area contributed by atoms with Gasteiger partial charge in [0.1, 0.15) is 5.15 Å². The molecule has 0 amide bonds. The van der Waals surface area contributed by atoms with Gasteiger partial charge >= 0.3 is 0 Å². The number of hydrogen-bond donors (Lipinski definition) is 1. The van der Waals surface area contributed by atoms with Crippen LogP contribution in [0.15, 0.2) is 11.4 Å². The van der Waals surface area contributed by atoms with Gasteiger partial charge in [-0.2, -0.15) is 0 Å².